The lowest BCUT2D eigenvalue weighted by atomic mass is 10.4. The Hall–Kier alpha value is -0.120. The van der Waals surface area contributed by atoms with Crippen LogP contribution in [0.15, 0.2) is 0 Å². The molecule has 0 atom stereocenters. The highest BCUT2D eigenvalue weighted by atomic mass is 15.2. The van der Waals surface area contributed by atoms with Crippen LogP contribution in [0.1, 0.15) is 13.3 Å². The highest BCUT2D eigenvalue weighted by molar-refractivity contribution is 4.56. The van der Waals surface area contributed by atoms with E-state index in [9.17, 15) is 0 Å². The number of rotatable bonds is 8. The first-order valence-corrected chi connectivity index (χ1v) is 5.20. The number of hydrogen-bond acceptors (Lipinski definition) is 3. The van der Waals surface area contributed by atoms with Gasteiger partial charge in [0.2, 0.25) is 0 Å². The third kappa shape index (κ3) is 9.80. The highest BCUT2D eigenvalue weighted by Crippen LogP contribution is 1.82. The maximum absolute atomic E-state index is 3.40. The van der Waals surface area contributed by atoms with Crippen molar-refractivity contribution in [1.82, 2.24) is 15.1 Å². The van der Waals surface area contributed by atoms with Crippen LogP contribution in [0.5, 0.6) is 0 Å². The van der Waals surface area contributed by atoms with E-state index in [2.05, 4.69) is 43.2 Å². The van der Waals surface area contributed by atoms with Gasteiger partial charge in [0.25, 0.3) is 0 Å². The Balaban J connectivity index is 3.15. The van der Waals surface area contributed by atoms with Crippen molar-refractivity contribution in [3.05, 3.63) is 0 Å². The summed E-state index contributed by atoms with van der Waals surface area (Å²) in [6.07, 6.45) is 1.22. The van der Waals surface area contributed by atoms with Crippen LogP contribution in [0.25, 0.3) is 0 Å². The zero-order valence-electron chi connectivity index (χ0n) is 9.64. The van der Waals surface area contributed by atoms with E-state index in [0.717, 1.165) is 32.7 Å². The highest BCUT2D eigenvalue weighted by Gasteiger charge is 1.97. The van der Waals surface area contributed by atoms with Crippen LogP contribution in [0.4, 0.5) is 0 Å². The molecule has 13 heavy (non-hydrogen) atoms. The molecular weight excluding hydrogens is 162 g/mol. The molecule has 0 heterocycles. The summed E-state index contributed by atoms with van der Waals surface area (Å²) in [6.45, 7) is 7.89. The summed E-state index contributed by atoms with van der Waals surface area (Å²) in [5.74, 6) is 0. The molecule has 0 aromatic heterocycles. The Morgan fingerprint density at radius 1 is 0.923 bits per heavy atom. The van der Waals surface area contributed by atoms with Crippen molar-refractivity contribution in [2.24, 2.45) is 0 Å². The largest absolute Gasteiger partial charge is 0.315 e. The van der Waals surface area contributed by atoms with Gasteiger partial charge in [0.1, 0.15) is 0 Å². The van der Waals surface area contributed by atoms with Gasteiger partial charge in [-0.1, -0.05) is 6.92 Å². The lowest BCUT2D eigenvalue weighted by Crippen LogP contribution is -2.34. The molecule has 0 aromatic rings. The fraction of sp³-hybridized carbons (Fsp3) is 1.00. The zero-order chi connectivity index (χ0) is 10.1. The molecule has 0 spiro atoms. The molecule has 0 fully saturated rings. The fourth-order valence-corrected chi connectivity index (χ4v) is 1.05. The number of nitrogens with zero attached hydrogens (tertiary/aromatic N) is 2. The molecule has 1 N–H and O–H groups in total. The molecule has 0 aliphatic heterocycles. The minimum absolute atomic E-state index is 1.11. The first kappa shape index (κ1) is 12.9. The Morgan fingerprint density at radius 2 is 1.62 bits per heavy atom. The molecule has 0 bridgehead atoms. The van der Waals surface area contributed by atoms with Crippen molar-refractivity contribution in [3.8, 4) is 0 Å². The molecule has 80 valence electrons. The normalized spacial score (nSPS) is 11.5. The van der Waals surface area contributed by atoms with Crippen molar-refractivity contribution in [3.63, 3.8) is 0 Å². The van der Waals surface area contributed by atoms with E-state index in [0.29, 0.717) is 0 Å². The average molecular weight is 187 g/mol. The van der Waals surface area contributed by atoms with Crippen LogP contribution in [-0.4, -0.2) is 63.7 Å². The van der Waals surface area contributed by atoms with E-state index in [1.165, 1.54) is 6.42 Å². The molecule has 0 saturated carbocycles. The number of likely N-dealkylation sites (N-methyl/N-ethyl adjacent to an activating group) is 2. The van der Waals surface area contributed by atoms with Crippen molar-refractivity contribution in [1.29, 1.82) is 0 Å². The minimum Gasteiger partial charge on any atom is -0.315 e. The van der Waals surface area contributed by atoms with Crippen LogP contribution in [0, 0.1) is 0 Å². The van der Waals surface area contributed by atoms with Crippen molar-refractivity contribution < 1.29 is 0 Å². The first-order chi connectivity index (χ1) is 6.16. The molecule has 0 unspecified atom stereocenters. The summed E-state index contributed by atoms with van der Waals surface area (Å²) < 4.78 is 0. The van der Waals surface area contributed by atoms with Crippen molar-refractivity contribution in [2.75, 3.05) is 53.9 Å². The van der Waals surface area contributed by atoms with Crippen LogP contribution in [-0.2, 0) is 0 Å². The van der Waals surface area contributed by atoms with E-state index < -0.39 is 0 Å². The monoisotopic (exact) mass is 187 g/mol. The van der Waals surface area contributed by atoms with E-state index in [-0.39, 0.29) is 0 Å². The van der Waals surface area contributed by atoms with Gasteiger partial charge in [-0.3, -0.25) is 0 Å². The van der Waals surface area contributed by atoms with Gasteiger partial charge in [-0.15, -0.1) is 0 Å². The number of hydrogen-bond donors (Lipinski definition) is 1. The lowest BCUT2D eigenvalue weighted by molar-refractivity contribution is 0.281. The zero-order valence-corrected chi connectivity index (χ0v) is 9.64. The minimum atomic E-state index is 1.11. The topological polar surface area (TPSA) is 18.5 Å². The summed E-state index contributed by atoms with van der Waals surface area (Å²) in [5, 5.41) is 3.40. The molecular formula is C10H25N3. The van der Waals surface area contributed by atoms with E-state index >= 15 is 0 Å². The summed E-state index contributed by atoms with van der Waals surface area (Å²) in [4.78, 5) is 4.58. The van der Waals surface area contributed by atoms with Gasteiger partial charge in [0.15, 0.2) is 0 Å². The second-order valence-corrected chi connectivity index (χ2v) is 3.86. The smallest absolute Gasteiger partial charge is 0.0107 e. The van der Waals surface area contributed by atoms with Gasteiger partial charge in [-0.25, -0.2) is 0 Å². The van der Waals surface area contributed by atoms with Crippen LogP contribution < -0.4 is 5.32 Å². The summed E-state index contributed by atoms with van der Waals surface area (Å²) in [7, 11) is 6.41. The summed E-state index contributed by atoms with van der Waals surface area (Å²) in [6, 6.07) is 0. The molecule has 3 heteroatoms. The molecule has 3 nitrogen and oxygen atoms in total. The Bertz CT molecular complexity index is 104. The van der Waals surface area contributed by atoms with Crippen molar-refractivity contribution >= 4 is 0 Å². The van der Waals surface area contributed by atoms with Gasteiger partial charge in [0, 0.05) is 26.2 Å². The predicted octanol–water partition coefficient (Wildman–Crippen LogP) is 0.479. The maximum Gasteiger partial charge on any atom is 0.0107 e. The Labute approximate surface area is 83.1 Å². The van der Waals surface area contributed by atoms with Gasteiger partial charge >= 0.3 is 0 Å². The summed E-state index contributed by atoms with van der Waals surface area (Å²) >= 11 is 0. The molecule has 0 aliphatic carbocycles. The van der Waals surface area contributed by atoms with Crippen LogP contribution >= 0.6 is 0 Å². The predicted molar refractivity (Wildman–Crippen MR) is 59.2 cm³/mol. The third-order valence-electron chi connectivity index (χ3n) is 2.03. The number of nitrogens with one attached hydrogen (secondary N) is 1. The molecule has 0 radical (unpaired) electrons. The Kier molecular flexibility index (Phi) is 8.40. The van der Waals surface area contributed by atoms with Gasteiger partial charge < -0.3 is 15.1 Å². The Morgan fingerprint density at radius 3 is 2.15 bits per heavy atom. The summed E-state index contributed by atoms with van der Waals surface area (Å²) in [5.41, 5.74) is 0. The van der Waals surface area contributed by atoms with Crippen molar-refractivity contribution in [2.45, 2.75) is 13.3 Å². The molecule has 0 aromatic carbocycles. The van der Waals surface area contributed by atoms with E-state index in [1.54, 1.807) is 0 Å². The SMILES string of the molecule is CCCNCCN(C)CCN(C)C. The average Bonchev–Trinajstić information content (AvgIpc) is 2.09. The quantitative estimate of drug-likeness (QED) is 0.558. The van der Waals surface area contributed by atoms with Crippen LogP contribution in [0.3, 0.4) is 0 Å². The third-order valence-corrected chi connectivity index (χ3v) is 2.03. The standard InChI is InChI=1S/C10H25N3/c1-5-6-11-7-8-13(4)10-9-12(2)3/h11H,5-10H2,1-4H3. The second kappa shape index (κ2) is 8.48. The molecule has 0 saturated heterocycles. The lowest BCUT2D eigenvalue weighted by Gasteiger charge is -2.19. The molecule has 0 rings (SSSR count). The van der Waals surface area contributed by atoms with E-state index in [1.807, 2.05) is 0 Å². The first-order valence-electron chi connectivity index (χ1n) is 5.20. The van der Waals surface area contributed by atoms with Crippen LogP contribution in [0.2, 0.25) is 0 Å². The molecule has 0 aliphatic rings. The van der Waals surface area contributed by atoms with Gasteiger partial charge in [0.05, 0.1) is 0 Å². The van der Waals surface area contributed by atoms with E-state index in [4.69, 9.17) is 0 Å². The fourth-order valence-electron chi connectivity index (χ4n) is 1.05. The maximum atomic E-state index is 3.40. The van der Waals surface area contributed by atoms with Gasteiger partial charge in [-0.2, -0.15) is 0 Å². The molecule has 0 amide bonds. The van der Waals surface area contributed by atoms with Gasteiger partial charge in [-0.05, 0) is 34.1 Å². The second-order valence-electron chi connectivity index (χ2n) is 3.86.